The van der Waals surface area contributed by atoms with Crippen molar-refractivity contribution in [2.24, 2.45) is 0 Å². The molecule has 1 aromatic rings. The topological polar surface area (TPSA) is 99.1 Å². The van der Waals surface area contributed by atoms with Crippen LogP contribution in [0, 0.1) is 11.3 Å². The molecule has 1 amide bonds. The number of hydrogen-bond donors (Lipinski definition) is 2. The van der Waals surface area contributed by atoms with Gasteiger partial charge in [-0.2, -0.15) is 5.26 Å². The zero-order valence-electron chi connectivity index (χ0n) is 11.8. The molecule has 0 saturated carbocycles. The van der Waals surface area contributed by atoms with E-state index in [1.54, 1.807) is 12.1 Å². The predicted octanol–water partition coefficient (Wildman–Crippen LogP) is 2.12. The average Bonchev–Trinajstić information content (AvgIpc) is 2.82. The molecule has 1 atom stereocenters. The van der Waals surface area contributed by atoms with Crippen LogP contribution in [0.25, 0.3) is 0 Å². The van der Waals surface area contributed by atoms with Crippen molar-refractivity contribution in [3.63, 3.8) is 0 Å². The van der Waals surface area contributed by atoms with Crippen molar-refractivity contribution in [1.82, 2.24) is 5.32 Å². The number of rotatable bonds is 4. The number of halogens is 2. The Morgan fingerprint density at radius 3 is 2.70 bits per heavy atom. The lowest BCUT2D eigenvalue weighted by Gasteiger charge is -2.09. The largest absolute Gasteiger partial charge is 0.386 e. The third-order valence-corrected chi connectivity index (χ3v) is 5.56. The van der Waals surface area contributed by atoms with Crippen molar-refractivity contribution in [2.75, 3.05) is 16.8 Å². The molecule has 1 heterocycles. The minimum absolute atomic E-state index is 0.00710. The van der Waals surface area contributed by atoms with Crippen LogP contribution in [0.4, 0.5) is 5.69 Å². The Bertz CT molecular complexity index is 800. The van der Waals surface area contributed by atoms with E-state index in [1.165, 1.54) is 18.3 Å². The van der Waals surface area contributed by atoms with E-state index in [0.717, 1.165) is 0 Å². The summed E-state index contributed by atoms with van der Waals surface area (Å²) in [5, 5.41) is 15.0. The van der Waals surface area contributed by atoms with E-state index in [4.69, 9.17) is 28.5 Å². The smallest absolute Gasteiger partial charge is 0.267 e. The molecule has 0 spiro atoms. The predicted molar refractivity (Wildman–Crippen MR) is 89.0 cm³/mol. The number of sulfone groups is 1. The van der Waals surface area contributed by atoms with Gasteiger partial charge in [-0.15, -0.1) is 0 Å². The van der Waals surface area contributed by atoms with Gasteiger partial charge >= 0.3 is 0 Å². The Morgan fingerprint density at radius 1 is 1.39 bits per heavy atom. The number of benzene rings is 1. The first kappa shape index (κ1) is 17.6. The summed E-state index contributed by atoms with van der Waals surface area (Å²) >= 11 is 11.7. The highest BCUT2D eigenvalue weighted by Crippen LogP contribution is 2.25. The number of nitrogens with one attached hydrogen (secondary N) is 2. The van der Waals surface area contributed by atoms with Gasteiger partial charge in [0.05, 0.1) is 22.2 Å². The van der Waals surface area contributed by atoms with E-state index in [-0.39, 0.29) is 28.1 Å². The van der Waals surface area contributed by atoms with Crippen molar-refractivity contribution in [2.45, 2.75) is 12.5 Å². The fraction of sp³-hybridized carbons (Fsp3) is 0.286. The van der Waals surface area contributed by atoms with Crippen molar-refractivity contribution in [1.29, 1.82) is 5.26 Å². The standard InChI is InChI=1S/C14H13Cl2N3O3S/c15-10-1-2-13(12(16)5-10)19-14(20)9(6-17)7-18-11-3-4-23(21,22)8-11/h1-2,5,7,11,18H,3-4,8H2,(H,19,20)/b9-7-. The fourth-order valence-electron chi connectivity index (χ4n) is 2.06. The minimum atomic E-state index is -3.03. The highest BCUT2D eigenvalue weighted by atomic mass is 35.5. The Kier molecular flexibility index (Phi) is 5.52. The van der Waals surface area contributed by atoms with Crippen LogP contribution in [0.15, 0.2) is 30.0 Å². The van der Waals surface area contributed by atoms with E-state index in [0.29, 0.717) is 17.1 Å². The lowest BCUT2D eigenvalue weighted by atomic mass is 10.2. The molecular weight excluding hydrogens is 361 g/mol. The highest BCUT2D eigenvalue weighted by molar-refractivity contribution is 7.91. The Hall–Kier alpha value is -1.75. The quantitative estimate of drug-likeness (QED) is 0.621. The van der Waals surface area contributed by atoms with Crippen LogP contribution >= 0.6 is 23.2 Å². The van der Waals surface area contributed by atoms with E-state index in [1.807, 2.05) is 0 Å². The molecule has 1 saturated heterocycles. The number of nitriles is 1. The van der Waals surface area contributed by atoms with E-state index in [9.17, 15) is 13.2 Å². The Balaban J connectivity index is 2.04. The summed E-state index contributed by atoms with van der Waals surface area (Å²) < 4.78 is 22.7. The van der Waals surface area contributed by atoms with Gasteiger partial charge in [-0.3, -0.25) is 4.79 Å². The summed E-state index contributed by atoms with van der Waals surface area (Å²) in [6.07, 6.45) is 1.67. The molecule has 0 bridgehead atoms. The summed E-state index contributed by atoms with van der Waals surface area (Å²) in [4.78, 5) is 12.1. The second kappa shape index (κ2) is 7.21. The number of carbonyl (C=O) groups excluding carboxylic acids is 1. The van der Waals surface area contributed by atoms with E-state index < -0.39 is 15.7 Å². The molecule has 1 unspecified atom stereocenters. The molecule has 122 valence electrons. The first-order valence-electron chi connectivity index (χ1n) is 6.64. The van der Waals surface area contributed by atoms with Gasteiger partial charge in [0, 0.05) is 17.3 Å². The summed E-state index contributed by atoms with van der Waals surface area (Å²) in [6, 6.07) is 6.02. The summed E-state index contributed by atoms with van der Waals surface area (Å²) in [6.45, 7) is 0. The highest BCUT2D eigenvalue weighted by Gasteiger charge is 2.27. The molecule has 0 aliphatic carbocycles. The molecule has 2 N–H and O–H groups in total. The van der Waals surface area contributed by atoms with Crippen molar-refractivity contribution in [3.8, 4) is 6.07 Å². The second-order valence-electron chi connectivity index (χ2n) is 5.01. The minimum Gasteiger partial charge on any atom is -0.386 e. The molecule has 1 aliphatic heterocycles. The second-order valence-corrected chi connectivity index (χ2v) is 8.09. The molecule has 1 aromatic carbocycles. The zero-order valence-corrected chi connectivity index (χ0v) is 14.2. The maximum atomic E-state index is 12.1. The third kappa shape index (κ3) is 4.86. The van der Waals surface area contributed by atoms with E-state index >= 15 is 0 Å². The maximum absolute atomic E-state index is 12.1. The van der Waals surface area contributed by atoms with Crippen LogP contribution in [0.3, 0.4) is 0 Å². The normalized spacial score (nSPS) is 19.9. The monoisotopic (exact) mass is 373 g/mol. The molecule has 9 heteroatoms. The van der Waals surface area contributed by atoms with Crippen molar-refractivity contribution < 1.29 is 13.2 Å². The maximum Gasteiger partial charge on any atom is 0.267 e. The van der Waals surface area contributed by atoms with Crippen molar-refractivity contribution in [3.05, 3.63) is 40.0 Å². The van der Waals surface area contributed by atoms with Crippen LogP contribution in [-0.2, 0) is 14.6 Å². The SMILES string of the molecule is N#C/C(=C/NC1CCS(=O)(=O)C1)C(=O)Nc1ccc(Cl)cc1Cl. The Morgan fingerprint density at radius 2 is 2.13 bits per heavy atom. The molecule has 0 aromatic heterocycles. The summed E-state index contributed by atoms with van der Waals surface area (Å²) in [7, 11) is -3.03. The molecule has 6 nitrogen and oxygen atoms in total. The van der Waals surface area contributed by atoms with Crippen LogP contribution in [0.2, 0.25) is 10.0 Å². The molecule has 2 rings (SSSR count). The van der Waals surface area contributed by atoms with Gasteiger partial charge in [0.15, 0.2) is 9.84 Å². The van der Waals surface area contributed by atoms with Crippen LogP contribution < -0.4 is 10.6 Å². The van der Waals surface area contributed by atoms with Crippen LogP contribution in [0.5, 0.6) is 0 Å². The first-order chi connectivity index (χ1) is 10.8. The number of hydrogen-bond acceptors (Lipinski definition) is 5. The lowest BCUT2D eigenvalue weighted by molar-refractivity contribution is -0.112. The Labute approximate surface area is 144 Å². The van der Waals surface area contributed by atoms with Gasteiger partial charge in [-0.25, -0.2) is 8.42 Å². The van der Waals surface area contributed by atoms with Gasteiger partial charge < -0.3 is 10.6 Å². The molecular formula is C14H13Cl2N3O3S. The summed E-state index contributed by atoms with van der Waals surface area (Å²) in [5.41, 5.74) is 0.144. The van der Waals surface area contributed by atoms with Crippen LogP contribution in [-0.4, -0.2) is 31.9 Å². The van der Waals surface area contributed by atoms with E-state index in [2.05, 4.69) is 10.6 Å². The van der Waals surface area contributed by atoms with Gasteiger partial charge in [-0.1, -0.05) is 23.2 Å². The summed E-state index contributed by atoms with van der Waals surface area (Å²) in [5.74, 6) is -0.551. The fourth-order valence-corrected chi connectivity index (χ4v) is 4.20. The van der Waals surface area contributed by atoms with Crippen LogP contribution in [0.1, 0.15) is 6.42 Å². The number of anilines is 1. The average molecular weight is 374 g/mol. The molecule has 23 heavy (non-hydrogen) atoms. The number of amides is 1. The molecule has 1 fully saturated rings. The third-order valence-electron chi connectivity index (χ3n) is 3.24. The van der Waals surface area contributed by atoms with Gasteiger partial charge in [0.1, 0.15) is 11.6 Å². The molecule has 0 radical (unpaired) electrons. The number of nitrogens with zero attached hydrogens (tertiary/aromatic N) is 1. The molecule has 1 aliphatic rings. The first-order valence-corrected chi connectivity index (χ1v) is 9.21. The van der Waals surface area contributed by atoms with Crippen molar-refractivity contribution >= 4 is 44.6 Å². The zero-order chi connectivity index (χ0) is 17.0. The van der Waals surface area contributed by atoms with Gasteiger partial charge in [0.25, 0.3) is 5.91 Å². The van der Waals surface area contributed by atoms with Gasteiger partial charge in [0.2, 0.25) is 0 Å². The number of carbonyl (C=O) groups is 1. The lowest BCUT2D eigenvalue weighted by Crippen LogP contribution is -2.27. The van der Waals surface area contributed by atoms with Gasteiger partial charge in [-0.05, 0) is 24.6 Å².